The van der Waals surface area contributed by atoms with Crippen LogP contribution in [0, 0.1) is 17.8 Å². The lowest BCUT2D eigenvalue weighted by atomic mass is 9.80. The van der Waals surface area contributed by atoms with E-state index in [2.05, 4.69) is 24.3 Å². The van der Waals surface area contributed by atoms with E-state index < -0.39 is 11.9 Å². The maximum atomic E-state index is 12.4. The van der Waals surface area contributed by atoms with Crippen molar-refractivity contribution >= 4 is 11.9 Å². The Morgan fingerprint density at radius 2 is 2.05 bits per heavy atom. The van der Waals surface area contributed by atoms with Gasteiger partial charge in [-0.15, -0.1) is 0 Å². The molecule has 4 heteroatoms. The first-order valence-electron chi connectivity index (χ1n) is 8.19. The number of fused-ring (bicyclic) bond motifs is 1. The van der Waals surface area contributed by atoms with Crippen LogP contribution in [0.15, 0.2) is 30.3 Å². The molecule has 1 aromatic carbocycles. The second kappa shape index (κ2) is 6.11. The Balaban J connectivity index is 1.74. The van der Waals surface area contributed by atoms with Crippen molar-refractivity contribution in [2.45, 2.75) is 38.6 Å². The zero-order valence-corrected chi connectivity index (χ0v) is 12.9. The summed E-state index contributed by atoms with van der Waals surface area (Å²) in [5.74, 6) is -1.44. The minimum atomic E-state index is -0.953. The third-order valence-corrected chi connectivity index (χ3v) is 5.33. The molecule has 0 bridgehead atoms. The predicted molar refractivity (Wildman–Crippen MR) is 83.3 cm³/mol. The summed E-state index contributed by atoms with van der Waals surface area (Å²) in [4.78, 5) is 25.7. The second-order valence-electron chi connectivity index (χ2n) is 6.57. The number of amides is 1. The summed E-state index contributed by atoms with van der Waals surface area (Å²) in [6, 6.07) is 10.5. The number of benzene rings is 1. The number of hydrogen-bond acceptors (Lipinski definition) is 2. The van der Waals surface area contributed by atoms with E-state index in [1.165, 1.54) is 5.56 Å². The van der Waals surface area contributed by atoms with Crippen molar-refractivity contribution < 1.29 is 14.7 Å². The molecular weight excluding hydrogens is 278 g/mol. The van der Waals surface area contributed by atoms with Crippen LogP contribution in [-0.2, 0) is 16.0 Å². The number of carbonyl (C=O) groups is 2. The van der Waals surface area contributed by atoms with Crippen LogP contribution in [0.4, 0.5) is 0 Å². The fourth-order valence-electron chi connectivity index (χ4n) is 4.27. The normalized spacial score (nSPS) is 31.1. The van der Waals surface area contributed by atoms with Gasteiger partial charge in [0.2, 0.25) is 5.91 Å². The number of carbonyl (C=O) groups excluding carboxylic acids is 1. The maximum Gasteiger partial charge on any atom is 0.316 e. The molecule has 4 nitrogen and oxygen atoms in total. The third kappa shape index (κ3) is 2.62. The van der Waals surface area contributed by atoms with E-state index in [1.54, 1.807) is 0 Å². The highest BCUT2D eigenvalue weighted by molar-refractivity contribution is 5.99. The first-order valence-corrected chi connectivity index (χ1v) is 8.19. The molecule has 3 rings (SSSR count). The topological polar surface area (TPSA) is 57.6 Å². The van der Waals surface area contributed by atoms with Gasteiger partial charge in [-0.25, -0.2) is 0 Å². The highest BCUT2D eigenvalue weighted by atomic mass is 16.4. The molecule has 118 valence electrons. The zero-order valence-electron chi connectivity index (χ0n) is 12.9. The summed E-state index contributed by atoms with van der Waals surface area (Å²) >= 11 is 0. The van der Waals surface area contributed by atoms with Crippen LogP contribution in [-0.4, -0.2) is 34.5 Å². The van der Waals surface area contributed by atoms with E-state index in [9.17, 15) is 14.7 Å². The van der Waals surface area contributed by atoms with Crippen molar-refractivity contribution in [2.75, 3.05) is 6.54 Å². The van der Waals surface area contributed by atoms with Gasteiger partial charge in [0.1, 0.15) is 5.92 Å². The average Bonchev–Trinajstić information content (AvgIpc) is 2.80. The summed E-state index contributed by atoms with van der Waals surface area (Å²) in [6.07, 6.45) is 3.68. The van der Waals surface area contributed by atoms with Gasteiger partial charge in [0, 0.05) is 18.5 Å². The van der Waals surface area contributed by atoms with Gasteiger partial charge in [-0.2, -0.15) is 0 Å². The van der Waals surface area contributed by atoms with E-state index >= 15 is 0 Å². The smallest absolute Gasteiger partial charge is 0.316 e. The summed E-state index contributed by atoms with van der Waals surface area (Å²) in [5, 5.41) is 9.39. The van der Waals surface area contributed by atoms with Crippen LogP contribution >= 0.6 is 0 Å². The quantitative estimate of drug-likeness (QED) is 0.870. The monoisotopic (exact) mass is 301 g/mol. The number of carboxylic acid groups (broad SMARTS) is 1. The Morgan fingerprint density at radius 3 is 2.68 bits per heavy atom. The van der Waals surface area contributed by atoms with Gasteiger partial charge in [-0.05, 0) is 37.2 Å². The Labute approximate surface area is 131 Å². The van der Waals surface area contributed by atoms with E-state index in [-0.39, 0.29) is 17.9 Å². The van der Waals surface area contributed by atoms with Crippen molar-refractivity contribution in [1.82, 2.24) is 4.90 Å². The molecule has 0 spiro atoms. The Morgan fingerprint density at radius 1 is 1.32 bits per heavy atom. The van der Waals surface area contributed by atoms with Crippen LogP contribution in [0.1, 0.15) is 31.7 Å². The van der Waals surface area contributed by atoms with Crippen LogP contribution < -0.4 is 0 Å². The lowest BCUT2D eigenvalue weighted by Crippen LogP contribution is -2.42. The Hall–Kier alpha value is -1.84. The summed E-state index contributed by atoms with van der Waals surface area (Å²) in [6.45, 7) is 2.71. The van der Waals surface area contributed by atoms with Gasteiger partial charge < -0.3 is 10.0 Å². The first-order chi connectivity index (χ1) is 10.6. The summed E-state index contributed by atoms with van der Waals surface area (Å²) in [5.41, 5.74) is 1.33. The number of nitrogens with zero attached hydrogens (tertiary/aromatic N) is 1. The molecule has 1 aromatic rings. The molecule has 4 unspecified atom stereocenters. The molecule has 0 saturated carbocycles. The van der Waals surface area contributed by atoms with Crippen molar-refractivity contribution in [3.8, 4) is 0 Å². The van der Waals surface area contributed by atoms with Crippen molar-refractivity contribution in [1.29, 1.82) is 0 Å². The minimum absolute atomic E-state index is 0.0384. The Bertz CT molecular complexity index is 557. The molecule has 0 radical (unpaired) electrons. The molecule has 2 heterocycles. The van der Waals surface area contributed by atoms with E-state index in [4.69, 9.17) is 0 Å². The predicted octanol–water partition coefficient (Wildman–Crippen LogP) is 2.58. The van der Waals surface area contributed by atoms with Crippen LogP contribution in [0.2, 0.25) is 0 Å². The van der Waals surface area contributed by atoms with Crippen molar-refractivity contribution in [2.24, 2.45) is 17.8 Å². The van der Waals surface area contributed by atoms with Crippen molar-refractivity contribution in [3.63, 3.8) is 0 Å². The second-order valence-corrected chi connectivity index (χ2v) is 6.57. The van der Waals surface area contributed by atoms with E-state index in [1.807, 2.05) is 17.9 Å². The van der Waals surface area contributed by atoms with Gasteiger partial charge in [0.15, 0.2) is 0 Å². The molecule has 0 aromatic heterocycles. The number of carboxylic acids is 1. The fourth-order valence-corrected chi connectivity index (χ4v) is 4.27. The van der Waals surface area contributed by atoms with Crippen LogP contribution in [0.3, 0.4) is 0 Å². The number of piperidine rings is 1. The summed E-state index contributed by atoms with van der Waals surface area (Å²) in [7, 11) is 0. The highest BCUT2D eigenvalue weighted by Gasteiger charge is 2.52. The minimum Gasteiger partial charge on any atom is -0.481 e. The van der Waals surface area contributed by atoms with Gasteiger partial charge in [-0.3, -0.25) is 9.59 Å². The summed E-state index contributed by atoms with van der Waals surface area (Å²) < 4.78 is 0. The molecule has 2 saturated heterocycles. The number of aliphatic carboxylic acids is 1. The van der Waals surface area contributed by atoms with Gasteiger partial charge in [0.05, 0.1) is 0 Å². The number of rotatable bonds is 4. The molecule has 22 heavy (non-hydrogen) atoms. The molecule has 1 amide bonds. The van der Waals surface area contributed by atoms with E-state index in [0.717, 1.165) is 25.7 Å². The molecule has 2 fully saturated rings. The lowest BCUT2D eigenvalue weighted by molar-refractivity contribution is -0.148. The Kier molecular flexibility index (Phi) is 4.19. The standard InChI is InChI=1S/C18H23NO3/c1-2-14-15-11-13(10-12-6-4-3-5-7-12)8-9-19(15)17(20)16(14)18(21)22/h3-7,13-16H,2,8-11H2,1H3,(H,21,22). The van der Waals surface area contributed by atoms with Crippen LogP contribution in [0.5, 0.6) is 0 Å². The first kappa shape index (κ1) is 15.1. The molecule has 1 N–H and O–H groups in total. The SMILES string of the molecule is CCC1C(C(=O)O)C(=O)N2CCC(Cc3ccccc3)CC12. The van der Waals surface area contributed by atoms with Gasteiger partial charge in [-0.1, -0.05) is 37.3 Å². The molecule has 0 aliphatic carbocycles. The zero-order chi connectivity index (χ0) is 15.7. The van der Waals surface area contributed by atoms with Gasteiger partial charge in [0.25, 0.3) is 0 Å². The molecule has 4 atom stereocenters. The highest BCUT2D eigenvalue weighted by Crippen LogP contribution is 2.41. The molecule has 2 aliphatic rings. The molecular formula is C18H23NO3. The van der Waals surface area contributed by atoms with E-state index in [0.29, 0.717) is 12.5 Å². The lowest BCUT2D eigenvalue weighted by Gasteiger charge is -2.37. The third-order valence-electron chi connectivity index (χ3n) is 5.33. The van der Waals surface area contributed by atoms with Crippen molar-refractivity contribution in [3.05, 3.63) is 35.9 Å². The van der Waals surface area contributed by atoms with Crippen LogP contribution in [0.25, 0.3) is 0 Å². The molecule has 2 aliphatic heterocycles. The average molecular weight is 301 g/mol. The largest absolute Gasteiger partial charge is 0.481 e. The fraction of sp³-hybridized carbons (Fsp3) is 0.556. The maximum absolute atomic E-state index is 12.4. The number of hydrogen-bond donors (Lipinski definition) is 1. The van der Waals surface area contributed by atoms with Gasteiger partial charge >= 0.3 is 5.97 Å².